The van der Waals surface area contributed by atoms with Crippen LogP contribution in [0.3, 0.4) is 0 Å². The number of amides is 1. The molecule has 1 aromatic rings. The minimum absolute atomic E-state index is 0.166. The van der Waals surface area contributed by atoms with Crippen molar-refractivity contribution >= 4 is 27.3 Å². The number of aryl methyl sites for hydroxylation is 1. The molecule has 0 saturated carbocycles. The highest BCUT2D eigenvalue weighted by atomic mass is 32.2. The summed E-state index contributed by atoms with van der Waals surface area (Å²) >= 11 is 0. The van der Waals surface area contributed by atoms with Gasteiger partial charge >= 0.3 is 0 Å². The van der Waals surface area contributed by atoms with Crippen molar-refractivity contribution in [3.8, 4) is 0 Å². The summed E-state index contributed by atoms with van der Waals surface area (Å²) in [7, 11) is -3.57. The van der Waals surface area contributed by atoms with Crippen molar-refractivity contribution in [2.75, 3.05) is 17.1 Å². The summed E-state index contributed by atoms with van der Waals surface area (Å²) in [4.78, 5) is 12.0. The monoisotopic (exact) mass is 339 g/mol. The highest BCUT2D eigenvalue weighted by Gasteiger charge is 2.21. The molecule has 0 unspecified atom stereocenters. The number of rotatable bonds is 5. The average molecular weight is 339 g/mol. The van der Waals surface area contributed by atoms with Gasteiger partial charge in [-0.1, -0.05) is 38.5 Å². The van der Waals surface area contributed by atoms with Crippen molar-refractivity contribution in [3.63, 3.8) is 0 Å². The van der Waals surface area contributed by atoms with Crippen LogP contribution in [0.15, 0.2) is 29.4 Å². The molecule has 1 aromatic carbocycles. The van der Waals surface area contributed by atoms with E-state index in [-0.39, 0.29) is 12.0 Å². The zero-order valence-corrected chi connectivity index (χ0v) is 15.4. The molecule has 6 nitrogen and oxygen atoms in total. The van der Waals surface area contributed by atoms with Crippen LogP contribution in [-0.2, 0) is 14.8 Å². The predicted molar refractivity (Wildman–Crippen MR) is 94.1 cm³/mol. The fourth-order valence-electron chi connectivity index (χ4n) is 1.59. The molecule has 0 bridgehead atoms. The summed E-state index contributed by atoms with van der Waals surface area (Å²) in [5, 5.41) is 4.03. The first-order valence-electron chi connectivity index (χ1n) is 7.29. The van der Waals surface area contributed by atoms with Crippen LogP contribution in [0.25, 0.3) is 0 Å². The molecule has 0 aromatic heterocycles. The third-order valence-corrected chi connectivity index (χ3v) is 4.58. The number of nitrogens with zero attached hydrogens (tertiary/aromatic N) is 2. The molecule has 1 amide bonds. The Bertz CT molecular complexity index is 686. The minimum Gasteiger partial charge on any atom is -0.271 e. The van der Waals surface area contributed by atoms with Crippen molar-refractivity contribution in [2.24, 2.45) is 10.5 Å². The molecule has 0 atom stereocenters. The minimum atomic E-state index is -3.57. The summed E-state index contributed by atoms with van der Waals surface area (Å²) < 4.78 is 25.0. The van der Waals surface area contributed by atoms with E-state index in [1.54, 1.807) is 24.3 Å². The second-order valence-corrected chi connectivity index (χ2v) is 8.49. The number of hydrogen-bond donors (Lipinski definition) is 1. The molecule has 0 saturated heterocycles. The molecule has 0 radical (unpaired) electrons. The van der Waals surface area contributed by atoms with Gasteiger partial charge in [-0.3, -0.25) is 9.10 Å². The number of hydrogen-bond acceptors (Lipinski definition) is 4. The Labute approximate surface area is 138 Å². The maximum Gasteiger partial charge on any atom is 0.260 e. The van der Waals surface area contributed by atoms with Crippen molar-refractivity contribution < 1.29 is 13.2 Å². The second kappa shape index (κ2) is 7.12. The van der Waals surface area contributed by atoms with Crippen LogP contribution in [0.4, 0.5) is 5.69 Å². The lowest BCUT2D eigenvalue weighted by atomic mass is 9.91. The van der Waals surface area contributed by atoms with Crippen LogP contribution >= 0.6 is 0 Å². The molecule has 7 heteroatoms. The number of sulfonamides is 1. The number of nitrogens with one attached hydrogen (secondary N) is 1. The van der Waals surface area contributed by atoms with Gasteiger partial charge in [0.2, 0.25) is 10.0 Å². The van der Waals surface area contributed by atoms with E-state index in [4.69, 9.17) is 0 Å². The molecule has 0 aliphatic carbocycles. The average Bonchev–Trinajstić information content (AvgIpc) is 2.41. The van der Waals surface area contributed by atoms with E-state index in [9.17, 15) is 13.2 Å². The smallest absolute Gasteiger partial charge is 0.260 e. The van der Waals surface area contributed by atoms with Crippen LogP contribution in [0.1, 0.15) is 33.3 Å². The molecule has 1 rings (SSSR count). The lowest BCUT2D eigenvalue weighted by Gasteiger charge is -2.22. The molecular weight excluding hydrogens is 314 g/mol. The van der Waals surface area contributed by atoms with Gasteiger partial charge in [-0.05, 0) is 26.0 Å². The molecule has 1 N–H and O–H groups in total. The van der Waals surface area contributed by atoms with Gasteiger partial charge in [0.05, 0.1) is 11.9 Å². The first kappa shape index (κ1) is 19.2. The quantitative estimate of drug-likeness (QED) is 0.660. The van der Waals surface area contributed by atoms with E-state index in [2.05, 4.69) is 10.5 Å². The number of benzene rings is 1. The van der Waals surface area contributed by atoms with Gasteiger partial charge in [0.15, 0.2) is 0 Å². The van der Waals surface area contributed by atoms with Gasteiger partial charge in [-0.25, -0.2) is 13.8 Å². The van der Waals surface area contributed by atoms with Crippen molar-refractivity contribution in [1.29, 1.82) is 0 Å². The Morgan fingerprint density at radius 1 is 1.22 bits per heavy atom. The van der Waals surface area contributed by atoms with Crippen molar-refractivity contribution in [1.82, 2.24) is 5.43 Å². The Morgan fingerprint density at radius 2 is 1.74 bits per heavy atom. The van der Waals surface area contributed by atoms with Crippen LogP contribution in [0, 0.1) is 12.3 Å². The SMILES string of the molecule is C/C(=N\NC(=O)CN(c1ccc(C)cc1)S(C)(=O)=O)C(C)(C)C. The Hall–Kier alpha value is -1.89. The Kier molecular flexibility index (Phi) is 5.93. The van der Waals surface area contributed by atoms with Crippen LogP contribution in [-0.4, -0.2) is 32.8 Å². The number of carbonyl (C=O) groups excluding carboxylic acids is 1. The van der Waals surface area contributed by atoms with Gasteiger partial charge in [-0.15, -0.1) is 0 Å². The van der Waals surface area contributed by atoms with Gasteiger partial charge in [0.1, 0.15) is 6.54 Å². The third kappa shape index (κ3) is 6.02. The first-order valence-corrected chi connectivity index (χ1v) is 9.14. The number of carbonyl (C=O) groups is 1. The molecule has 0 fully saturated rings. The zero-order chi connectivity index (χ0) is 17.8. The van der Waals surface area contributed by atoms with Crippen molar-refractivity contribution in [2.45, 2.75) is 34.6 Å². The summed E-state index contributed by atoms with van der Waals surface area (Å²) in [6.45, 7) is 9.34. The summed E-state index contributed by atoms with van der Waals surface area (Å²) in [6.07, 6.45) is 1.07. The molecule has 0 aliphatic rings. The molecule has 0 aliphatic heterocycles. The normalized spacial score (nSPS) is 12.9. The summed E-state index contributed by atoms with van der Waals surface area (Å²) in [5.41, 5.74) is 4.47. The first-order chi connectivity index (χ1) is 10.4. The van der Waals surface area contributed by atoms with E-state index < -0.39 is 15.9 Å². The second-order valence-electron chi connectivity index (χ2n) is 6.59. The highest BCUT2D eigenvalue weighted by Crippen LogP contribution is 2.18. The van der Waals surface area contributed by atoms with Crippen LogP contribution in [0.5, 0.6) is 0 Å². The van der Waals surface area contributed by atoms with E-state index in [0.29, 0.717) is 5.69 Å². The molecular formula is C16H25N3O3S. The van der Waals surface area contributed by atoms with E-state index in [0.717, 1.165) is 21.8 Å². The van der Waals surface area contributed by atoms with E-state index in [1.807, 2.05) is 34.6 Å². The number of hydrazone groups is 1. The molecule has 0 spiro atoms. The summed E-state index contributed by atoms with van der Waals surface area (Å²) in [6, 6.07) is 6.95. The van der Waals surface area contributed by atoms with Gasteiger partial charge < -0.3 is 0 Å². The fraction of sp³-hybridized carbons (Fsp3) is 0.500. The third-order valence-electron chi connectivity index (χ3n) is 3.44. The highest BCUT2D eigenvalue weighted by molar-refractivity contribution is 7.92. The predicted octanol–water partition coefficient (Wildman–Crippen LogP) is 2.30. The van der Waals surface area contributed by atoms with Crippen molar-refractivity contribution in [3.05, 3.63) is 29.8 Å². The fourth-order valence-corrected chi connectivity index (χ4v) is 2.45. The summed E-state index contributed by atoms with van der Waals surface area (Å²) in [5.74, 6) is -0.486. The van der Waals surface area contributed by atoms with Gasteiger partial charge in [-0.2, -0.15) is 5.10 Å². The Morgan fingerprint density at radius 3 is 2.17 bits per heavy atom. The van der Waals surface area contributed by atoms with Crippen LogP contribution in [0.2, 0.25) is 0 Å². The largest absolute Gasteiger partial charge is 0.271 e. The zero-order valence-electron chi connectivity index (χ0n) is 14.5. The maximum absolute atomic E-state index is 12.0. The molecule has 128 valence electrons. The van der Waals surface area contributed by atoms with Crippen LogP contribution < -0.4 is 9.73 Å². The van der Waals surface area contributed by atoms with Gasteiger partial charge in [0, 0.05) is 11.1 Å². The number of anilines is 1. The van der Waals surface area contributed by atoms with E-state index in [1.165, 1.54) is 0 Å². The molecule has 0 heterocycles. The molecule has 23 heavy (non-hydrogen) atoms. The lowest BCUT2D eigenvalue weighted by molar-refractivity contribution is -0.119. The lowest BCUT2D eigenvalue weighted by Crippen LogP contribution is -2.39. The standard InChI is InChI=1S/C16H25N3O3S/c1-12-7-9-14(10-8-12)19(23(6,21)22)11-15(20)18-17-13(2)16(3,4)5/h7-10H,11H2,1-6H3,(H,18,20)/b17-13+. The maximum atomic E-state index is 12.0. The van der Waals surface area contributed by atoms with Gasteiger partial charge in [0.25, 0.3) is 5.91 Å². The topological polar surface area (TPSA) is 78.8 Å². The Balaban J connectivity index is 2.92. The van der Waals surface area contributed by atoms with E-state index >= 15 is 0 Å².